The van der Waals surface area contributed by atoms with E-state index in [2.05, 4.69) is 4.72 Å². The summed E-state index contributed by atoms with van der Waals surface area (Å²) in [6.45, 7) is 7.91. The molecule has 0 saturated carbocycles. The van der Waals surface area contributed by atoms with E-state index in [1.807, 2.05) is 33.8 Å². The second-order valence-electron chi connectivity index (χ2n) is 4.91. The molecule has 0 radical (unpaired) electrons. The van der Waals surface area contributed by atoms with Crippen molar-refractivity contribution >= 4 is 11.4 Å². The highest BCUT2D eigenvalue weighted by Gasteiger charge is 2.31. The quantitative estimate of drug-likeness (QED) is 0.757. The average Bonchev–Trinajstić information content (AvgIpc) is 2.17. The van der Waals surface area contributed by atoms with E-state index in [0.29, 0.717) is 0 Å². The van der Waals surface area contributed by atoms with Crippen LogP contribution >= 0.6 is 0 Å². The highest BCUT2D eigenvalue weighted by atomic mass is 32.2. The molecule has 3 nitrogen and oxygen atoms in total. The molecule has 0 aromatic heterocycles. The van der Waals surface area contributed by atoms with E-state index in [1.165, 1.54) is 0 Å². The number of hydrogen-bond donors (Lipinski definition) is 1. The molecule has 0 aromatic rings. The van der Waals surface area contributed by atoms with Gasteiger partial charge in [-0.2, -0.15) is 0 Å². The lowest BCUT2D eigenvalue weighted by molar-refractivity contribution is 0.0991. The summed E-state index contributed by atoms with van der Waals surface area (Å²) in [5, 5.41) is 0. The van der Waals surface area contributed by atoms with Gasteiger partial charge in [0.25, 0.3) is 0 Å². The van der Waals surface area contributed by atoms with E-state index in [0.717, 1.165) is 12.8 Å². The van der Waals surface area contributed by atoms with Gasteiger partial charge < -0.3 is 9.29 Å². The standard InChI is InChI=1S/C11H21NO2S/c1-9(10-7-5-6-8-14-10)12-15(13)11(2,3)4/h6,8-10,12H,5,7H2,1-4H3/t9-,10-,15-/m0/s1. The summed E-state index contributed by atoms with van der Waals surface area (Å²) in [5.74, 6) is 0. The highest BCUT2D eigenvalue weighted by molar-refractivity contribution is 7.90. The van der Waals surface area contributed by atoms with Crippen molar-refractivity contribution < 1.29 is 9.29 Å². The minimum atomic E-state index is -1.02. The van der Waals surface area contributed by atoms with Gasteiger partial charge in [-0.05, 0) is 46.6 Å². The van der Waals surface area contributed by atoms with Gasteiger partial charge in [0.05, 0.1) is 12.3 Å². The van der Waals surface area contributed by atoms with Crippen LogP contribution in [0, 0.1) is 0 Å². The normalized spacial score (nSPS) is 25.8. The first-order chi connectivity index (χ1) is 6.91. The maximum Gasteiger partial charge on any atom is 0.136 e. The van der Waals surface area contributed by atoms with Gasteiger partial charge in [0.2, 0.25) is 0 Å². The largest absolute Gasteiger partial charge is 0.598 e. The van der Waals surface area contributed by atoms with Crippen molar-refractivity contribution in [2.75, 3.05) is 0 Å². The van der Waals surface area contributed by atoms with Crippen LogP contribution in [-0.4, -0.2) is 21.4 Å². The second kappa shape index (κ2) is 5.23. The minimum absolute atomic E-state index is 0.120. The number of nitrogens with one attached hydrogen (secondary N) is 1. The van der Waals surface area contributed by atoms with Crippen molar-refractivity contribution in [3.05, 3.63) is 12.3 Å². The van der Waals surface area contributed by atoms with E-state index >= 15 is 0 Å². The molecule has 0 amide bonds. The zero-order valence-corrected chi connectivity index (χ0v) is 10.8. The van der Waals surface area contributed by atoms with Gasteiger partial charge >= 0.3 is 0 Å². The highest BCUT2D eigenvalue weighted by Crippen LogP contribution is 2.18. The van der Waals surface area contributed by atoms with Gasteiger partial charge in [-0.1, -0.05) is 0 Å². The Labute approximate surface area is 95.6 Å². The van der Waals surface area contributed by atoms with Crippen LogP contribution in [-0.2, 0) is 16.1 Å². The Morgan fingerprint density at radius 1 is 1.53 bits per heavy atom. The summed E-state index contributed by atoms with van der Waals surface area (Å²) in [6.07, 6.45) is 5.93. The molecule has 0 unspecified atom stereocenters. The zero-order chi connectivity index (χ0) is 11.5. The van der Waals surface area contributed by atoms with Crippen LogP contribution < -0.4 is 4.72 Å². The Balaban J connectivity index is 2.41. The second-order valence-corrected chi connectivity index (χ2v) is 6.91. The Kier molecular flexibility index (Phi) is 4.49. The van der Waals surface area contributed by atoms with Crippen LogP contribution in [0.4, 0.5) is 0 Å². The molecule has 88 valence electrons. The molecule has 1 aliphatic heterocycles. The molecular formula is C11H21NO2S. The third kappa shape index (κ3) is 4.05. The van der Waals surface area contributed by atoms with Crippen LogP contribution in [0.5, 0.6) is 0 Å². The minimum Gasteiger partial charge on any atom is -0.598 e. The summed E-state index contributed by atoms with van der Waals surface area (Å²) >= 11 is -1.02. The summed E-state index contributed by atoms with van der Waals surface area (Å²) in [7, 11) is 0. The first-order valence-electron chi connectivity index (χ1n) is 5.40. The van der Waals surface area contributed by atoms with E-state index in [-0.39, 0.29) is 16.9 Å². The molecule has 1 heterocycles. The maximum absolute atomic E-state index is 11.8. The third-order valence-corrected chi connectivity index (χ3v) is 4.07. The van der Waals surface area contributed by atoms with Crippen LogP contribution in [0.3, 0.4) is 0 Å². The van der Waals surface area contributed by atoms with Crippen LogP contribution in [0.1, 0.15) is 40.5 Å². The van der Waals surface area contributed by atoms with Crippen molar-refractivity contribution in [1.29, 1.82) is 0 Å². The summed E-state index contributed by atoms with van der Waals surface area (Å²) < 4.78 is 20.2. The van der Waals surface area contributed by atoms with Gasteiger partial charge in [-0.3, -0.25) is 0 Å². The Hall–Kier alpha value is -0.190. The van der Waals surface area contributed by atoms with E-state index in [9.17, 15) is 4.55 Å². The lowest BCUT2D eigenvalue weighted by Gasteiger charge is -2.30. The van der Waals surface area contributed by atoms with Crippen molar-refractivity contribution in [2.45, 2.75) is 57.4 Å². The summed E-state index contributed by atoms with van der Waals surface area (Å²) in [5.41, 5.74) is 0. The van der Waals surface area contributed by atoms with Crippen molar-refractivity contribution in [1.82, 2.24) is 4.72 Å². The molecule has 0 spiro atoms. The molecule has 0 aliphatic carbocycles. The molecule has 1 rings (SSSR count). The number of hydrogen-bond acceptors (Lipinski definition) is 3. The SMILES string of the molecule is C[C@H](N[S@@+]([O-])C(C)(C)C)[C@@H]1CCC=CO1. The molecule has 0 saturated heterocycles. The fourth-order valence-corrected chi connectivity index (χ4v) is 2.19. The first kappa shape index (κ1) is 12.9. The lowest BCUT2D eigenvalue weighted by Crippen LogP contribution is -2.48. The number of ether oxygens (including phenoxy) is 1. The third-order valence-electron chi connectivity index (χ3n) is 2.37. The van der Waals surface area contributed by atoms with Crippen LogP contribution in [0.2, 0.25) is 0 Å². The van der Waals surface area contributed by atoms with E-state index in [1.54, 1.807) is 6.26 Å². The molecular weight excluding hydrogens is 210 g/mol. The summed E-state index contributed by atoms with van der Waals surface area (Å²) in [4.78, 5) is 0. The van der Waals surface area contributed by atoms with Crippen molar-refractivity contribution in [3.8, 4) is 0 Å². The molecule has 1 aliphatic rings. The van der Waals surface area contributed by atoms with Gasteiger partial charge in [0, 0.05) is 11.4 Å². The fourth-order valence-electron chi connectivity index (χ4n) is 1.34. The number of allylic oxidation sites excluding steroid dienone is 1. The lowest BCUT2D eigenvalue weighted by atomic mass is 10.1. The predicted octanol–water partition coefficient (Wildman–Crippen LogP) is 2.12. The van der Waals surface area contributed by atoms with Crippen LogP contribution in [0.25, 0.3) is 0 Å². The zero-order valence-electron chi connectivity index (χ0n) is 9.95. The van der Waals surface area contributed by atoms with Gasteiger partial charge in [-0.25, -0.2) is 0 Å². The Morgan fingerprint density at radius 2 is 2.20 bits per heavy atom. The molecule has 4 heteroatoms. The molecule has 0 bridgehead atoms. The fraction of sp³-hybridized carbons (Fsp3) is 0.818. The molecule has 15 heavy (non-hydrogen) atoms. The maximum atomic E-state index is 11.8. The smallest absolute Gasteiger partial charge is 0.136 e. The Morgan fingerprint density at radius 3 is 2.67 bits per heavy atom. The number of rotatable bonds is 3. The monoisotopic (exact) mass is 231 g/mol. The van der Waals surface area contributed by atoms with E-state index < -0.39 is 11.4 Å². The molecule has 0 aromatic carbocycles. The van der Waals surface area contributed by atoms with Crippen molar-refractivity contribution in [2.24, 2.45) is 0 Å². The van der Waals surface area contributed by atoms with Crippen molar-refractivity contribution in [3.63, 3.8) is 0 Å². The molecule has 1 N–H and O–H groups in total. The van der Waals surface area contributed by atoms with Crippen LogP contribution in [0.15, 0.2) is 12.3 Å². The molecule has 0 fully saturated rings. The van der Waals surface area contributed by atoms with E-state index in [4.69, 9.17) is 4.74 Å². The molecule has 3 atom stereocenters. The average molecular weight is 231 g/mol. The first-order valence-corrected chi connectivity index (χ1v) is 6.55. The van der Waals surface area contributed by atoms with Gasteiger partial charge in [0.1, 0.15) is 10.9 Å². The Bertz CT molecular complexity index is 225. The summed E-state index contributed by atoms with van der Waals surface area (Å²) in [6, 6.07) is 0.120. The predicted molar refractivity (Wildman–Crippen MR) is 63.7 cm³/mol. The van der Waals surface area contributed by atoms with Gasteiger partial charge in [-0.15, -0.1) is 4.72 Å². The topological polar surface area (TPSA) is 44.3 Å². The van der Waals surface area contributed by atoms with Gasteiger partial charge in [0.15, 0.2) is 0 Å².